The van der Waals surface area contributed by atoms with Crippen molar-refractivity contribution in [3.63, 3.8) is 0 Å². The number of anilines is 1. The molecule has 0 aliphatic carbocycles. The second kappa shape index (κ2) is 5.17. The summed E-state index contributed by atoms with van der Waals surface area (Å²) in [6.45, 7) is 1.24. The molecule has 0 saturated carbocycles. The smallest absolute Gasteiger partial charge is 0.273 e. The number of nitrogens with zero attached hydrogens (tertiary/aromatic N) is 4. The van der Waals surface area contributed by atoms with E-state index in [1.165, 1.54) is 17.8 Å². The van der Waals surface area contributed by atoms with Crippen molar-refractivity contribution in [3.05, 3.63) is 46.1 Å². The fraction of sp³-hybridized carbons (Fsp3) is 0.0909. The number of carbonyl (C=O) groups excluding carboxylic acids is 1. The number of para-hydroxylation sites is 1. The first kappa shape index (κ1) is 13.2. The Kier molecular flexibility index (Phi) is 3.59. The van der Waals surface area contributed by atoms with Crippen molar-refractivity contribution in [2.75, 3.05) is 5.01 Å². The molecule has 98 valence electrons. The lowest BCUT2D eigenvalue weighted by molar-refractivity contribution is -0.116. The highest BCUT2D eigenvalue weighted by atomic mass is 35.5. The van der Waals surface area contributed by atoms with Gasteiger partial charge in [0.2, 0.25) is 5.91 Å². The summed E-state index contributed by atoms with van der Waals surface area (Å²) in [5.41, 5.74) is -0.179. The average Bonchev–Trinajstić information content (AvgIpc) is 2.38. The molecule has 0 aliphatic rings. The molecule has 1 amide bonds. The van der Waals surface area contributed by atoms with Crippen molar-refractivity contribution in [2.24, 2.45) is 5.84 Å². The molecule has 1 heterocycles. The average molecular weight is 280 g/mol. The van der Waals surface area contributed by atoms with Crippen LogP contribution >= 0.6 is 11.6 Å². The molecule has 0 unspecified atom stereocenters. The summed E-state index contributed by atoms with van der Waals surface area (Å²) in [5, 5.41) is 1.08. The van der Waals surface area contributed by atoms with Gasteiger partial charge >= 0.3 is 5.69 Å². The molecule has 2 N–H and O–H groups in total. The van der Waals surface area contributed by atoms with Crippen LogP contribution in [-0.2, 0) is 4.79 Å². The van der Waals surface area contributed by atoms with Gasteiger partial charge in [0.1, 0.15) is 6.33 Å². The SMILES string of the molecule is CC(=O)N(N)c1ncn(-c2ccccc2Cl)c(=O)n1. The summed E-state index contributed by atoms with van der Waals surface area (Å²) < 4.78 is 1.17. The molecule has 7 nitrogen and oxygen atoms in total. The molecule has 0 saturated heterocycles. The van der Waals surface area contributed by atoms with Gasteiger partial charge in [0, 0.05) is 6.92 Å². The zero-order valence-corrected chi connectivity index (χ0v) is 10.7. The molecule has 0 atom stereocenters. The van der Waals surface area contributed by atoms with Crippen LogP contribution in [0.5, 0.6) is 0 Å². The molecule has 0 fully saturated rings. The van der Waals surface area contributed by atoms with E-state index < -0.39 is 11.6 Å². The Morgan fingerprint density at radius 3 is 2.68 bits per heavy atom. The molecular formula is C11H10ClN5O2. The quantitative estimate of drug-likeness (QED) is 0.491. The van der Waals surface area contributed by atoms with Gasteiger partial charge in [0.15, 0.2) is 0 Å². The van der Waals surface area contributed by atoms with Crippen molar-refractivity contribution < 1.29 is 4.79 Å². The Morgan fingerprint density at radius 2 is 2.11 bits per heavy atom. The second-order valence-corrected chi connectivity index (χ2v) is 4.06. The Hall–Kier alpha value is -2.25. The summed E-state index contributed by atoms with van der Waals surface area (Å²) in [7, 11) is 0. The van der Waals surface area contributed by atoms with Crippen LogP contribution in [0.2, 0.25) is 5.02 Å². The van der Waals surface area contributed by atoms with Crippen LogP contribution in [0.15, 0.2) is 35.4 Å². The van der Waals surface area contributed by atoms with E-state index in [2.05, 4.69) is 9.97 Å². The summed E-state index contributed by atoms with van der Waals surface area (Å²) in [4.78, 5) is 30.4. The van der Waals surface area contributed by atoms with Gasteiger partial charge in [-0.25, -0.2) is 25.2 Å². The van der Waals surface area contributed by atoms with E-state index in [-0.39, 0.29) is 5.95 Å². The predicted molar refractivity (Wildman–Crippen MR) is 70.0 cm³/mol. The highest BCUT2D eigenvalue weighted by Crippen LogP contribution is 2.17. The normalized spacial score (nSPS) is 10.3. The maximum atomic E-state index is 11.9. The van der Waals surface area contributed by atoms with Crippen LogP contribution in [0.3, 0.4) is 0 Å². The van der Waals surface area contributed by atoms with E-state index >= 15 is 0 Å². The van der Waals surface area contributed by atoms with Crippen molar-refractivity contribution in [1.82, 2.24) is 14.5 Å². The van der Waals surface area contributed by atoms with Gasteiger partial charge in [0.05, 0.1) is 10.7 Å². The van der Waals surface area contributed by atoms with Crippen molar-refractivity contribution >= 4 is 23.5 Å². The standard InChI is InChI=1S/C11H10ClN5O2/c1-7(18)17(13)10-14-6-16(11(19)15-10)9-5-3-2-4-8(9)12/h2-6H,13H2,1H3. The third kappa shape index (κ3) is 2.61. The number of nitrogens with two attached hydrogens (primary N) is 1. The van der Waals surface area contributed by atoms with Gasteiger partial charge in [-0.05, 0) is 12.1 Å². The molecule has 8 heteroatoms. The van der Waals surface area contributed by atoms with E-state index in [9.17, 15) is 9.59 Å². The second-order valence-electron chi connectivity index (χ2n) is 3.65. The van der Waals surface area contributed by atoms with Crippen LogP contribution in [-0.4, -0.2) is 20.4 Å². The van der Waals surface area contributed by atoms with E-state index in [0.717, 1.165) is 0 Å². The van der Waals surface area contributed by atoms with Gasteiger partial charge in [-0.3, -0.25) is 4.79 Å². The maximum absolute atomic E-state index is 11.9. The Bertz CT molecular complexity index is 685. The number of hydrogen-bond acceptors (Lipinski definition) is 5. The highest BCUT2D eigenvalue weighted by molar-refractivity contribution is 6.32. The van der Waals surface area contributed by atoms with Crippen LogP contribution in [0.4, 0.5) is 5.95 Å². The molecule has 0 spiro atoms. The number of carbonyl (C=O) groups is 1. The Labute approximate surface area is 113 Å². The fourth-order valence-electron chi connectivity index (χ4n) is 1.40. The lowest BCUT2D eigenvalue weighted by Gasteiger charge is -2.12. The predicted octanol–water partition coefficient (Wildman–Crippen LogP) is 0.507. The first-order valence-electron chi connectivity index (χ1n) is 5.26. The molecule has 1 aromatic carbocycles. The highest BCUT2D eigenvalue weighted by Gasteiger charge is 2.12. The lowest BCUT2D eigenvalue weighted by atomic mass is 10.3. The first-order chi connectivity index (χ1) is 9.00. The molecule has 2 rings (SSSR count). The number of amides is 1. The number of hydrogen-bond donors (Lipinski definition) is 1. The molecule has 1 aromatic heterocycles. The van der Waals surface area contributed by atoms with Crippen LogP contribution in [0.25, 0.3) is 5.69 Å². The van der Waals surface area contributed by atoms with Crippen molar-refractivity contribution in [3.8, 4) is 5.69 Å². The monoisotopic (exact) mass is 279 g/mol. The van der Waals surface area contributed by atoms with Gasteiger partial charge in [-0.15, -0.1) is 0 Å². The Balaban J connectivity index is 2.49. The molecule has 0 aliphatic heterocycles. The molecule has 19 heavy (non-hydrogen) atoms. The number of aromatic nitrogens is 3. The van der Waals surface area contributed by atoms with Gasteiger partial charge in [-0.2, -0.15) is 4.98 Å². The van der Waals surface area contributed by atoms with E-state index in [4.69, 9.17) is 17.4 Å². The van der Waals surface area contributed by atoms with Gasteiger partial charge in [-0.1, -0.05) is 23.7 Å². The van der Waals surface area contributed by atoms with Crippen molar-refractivity contribution in [1.29, 1.82) is 0 Å². The maximum Gasteiger partial charge on any atom is 0.356 e. The summed E-state index contributed by atoms with van der Waals surface area (Å²) in [5.74, 6) is 4.77. The fourth-order valence-corrected chi connectivity index (χ4v) is 1.62. The molecule has 0 radical (unpaired) electrons. The third-order valence-electron chi connectivity index (χ3n) is 2.36. The number of halogens is 1. The molecule has 2 aromatic rings. The minimum Gasteiger partial charge on any atom is -0.273 e. The summed E-state index contributed by atoms with van der Waals surface area (Å²) >= 11 is 5.98. The van der Waals surface area contributed by atoms with Gasteiger partial charge in [0.25, 0.3) is 5.95 Å². The minimum atomic E-state index is -0.630. The molecule has 0 bridgehead atoms. The number of hydrazine groups is 1. The third-order valence-corrected chi connectivity index (χ3v) is 2.68. The Morgan fingerprint density at radius 1 is 1.42 bits per heavy atom. The van der Waals surface area contributed by atoms with E-state index in [1.807, 2.05) is 0 Å². The van der Waals surface area contributed by atoms with Crippen LogP contribution in [0, 0.1) is 0 Å². The van der Waals surface area contributed by atoms with Crippen molar-refractivity contribution in [2.45, 2.75) is 6.92 Å². The summed E-state index contributed by atoms with van der Waals surface area (Å²) in [6.07, 6.45) is 1.22. The molecular weight excluding hydrogens is 270 g/mol. The zero-order chi connectivity index (χ0) is 14.0. The largest absolute Gasteiger partial charge is 0.356 e. The van der Waals surface area contributed by atoms with Crippen LogP contribution < -0.4 is 16.5 Å². The van der Waals surface area contributed by atoms with Crippen LogP contribution in [0.1, 0.15) is 6.92 Å². The lowest BCUT2D eigenvalue weighted by Crippen LogP contribution is -2.39. The van der Waals surface area contributed by atoms with E-state index in [0.29, 0.717) is 15.7 Å². The van der Waals surface area contributed by atoms with Gasteiger partial charge < -0.3 is 0 Å². The number of benzene rings is 1. The van der Waals surface area contributed by atoms with E-state index in [1.54, 1.807) is 24.3 Å². The number of rotatable bonds is 2. The zero-order valence-electron chi connectivity index (χ0n) is 9.95. The minimum absolute atomic E-state index is 0.166. The topological polar surface area (TPSA) is 94.1 Å². The first-order valence-corrected chi connectivity index (χ1v) is 5.64. The summed E-state index contributed by atoms with van der Waals surface area (Å²) in [6, 6.07) is 6.76.